The van der Waals surface area contributed by atoms with Crippen LogP contribution in [0.1, 0.15) is 6.42 Å². The van der Waals surface area contributed by atoms with E-state index in [1.807, 2.05) is 11.9 Å². The lowest BCUT2D eigenvalue weighted by Crippen LogP contribution is -2.24. The monoisotopic (exact) mass is 275 g/mol. The molecule has 0 saturated carbocycles. The molecule has 0 aromatic heterocycles. The summed E-state index contributed by atoms with van der Waals surface area (Å²) < 4.78 is 2.42. The molecular formula is C15H17NS2. The molecule has 0 bridgehead atoms. The van der Waals surface area contributed by atoms with Crippen molar-refractivity contribution in [3.8, 4) is 0 Å². The molecule has 1 unspecified atom stereocenters. The van der Waals surface area contributed by atoms with Crippen LogP contribution in [0.2, 0.25) is 0 Å². The average Bonchev–Trinajstić information content (AvgIpc) is 2.92. The molecule has 0 amide bonds. The lowest BCUT2D eigenvalue weighted by molar-refractivity contribution is 0.445. The quantitative estimate of drug-likeness (QED) is 0.770. The van der Waals surface area contributed by atoms with Crippen LogP contribution in [0.15, 0.2) is 47.4 Å². The second kappa shape index (κ2) is 5.55. The highest BCUT2D eigenvalue weighted by Gasteiger charge is 2.20. The molecule has 0 spiro atoms. The Balaban J connectivity index is 1.77. The van der Waals surface area contributed by atoms with Gasteiger partial charge in [0.15, 0.2) is 0 Å². The van der Waals surface area contributed by atoms with Gasteiger partial charge < -0.3 is 0 Å². The molecule has 2 aromatic rings. The summed E-state index contributed by atoms with van der Waals surface area (Å²) in [4.78, 5) is 1.34. The van der Waals surface area contributed by atoms with Crippen molar-refractivity contribution in [3.63, 3.8) is 0 Å². The zero-order chi connectivity index (χ0) is 12.4. The van der Waals surface area contributed by atoms with E-state index in [4.69, 9.17) is 0 Å². The molecule has 94 valence electrons. The topological polar surface area (TPSA) is 3.24 Å². The molecule has 0 aliphatic carbocycles. The van der Waals surface area contributed by atoms with Gasteiger partial charge in [-0.05, 0) is 54.1 Å². The van der Waals surface area contributed by atoms with E-state index in [1.54, 1.807) is 0 Å². The summed E-state index contributed by atoms with van der Waals surface area (Å²) in [5.74, 6) is 2.59. The molecular weight excluding hydrogens is 258 g/mol. The third kappa shape index (κ3) is 2.68. The standard InChI is InChI=1S/C15H17NS2/c1-16(14-8-9-17-11-14)18-15-7-6-12-4-2-3-5-13(12)10-15/h2-7,10,14H,8-9,11H2,1H3. The van der Waals surface area contributed by atoms with Gasteiger partial charge in [0.25, 0.3) is 0 Å². The minimum atomic E-state index is 0.728. The number of benzene rings is 2. The highest BCUT2D eigenvalue weighted by molar-refractivity contribution is 7.99. The first-order chi connectivity index (χ1) is 8.83. The Kier molecular flexibility index (Phi) is 3.83. The molecule has 1 aliphatic rings. The van der Waals surface area contributed by atoms with E-state index in [0.29, 0.717) is 0 Å². The van der Waals surface area contributed by atoms with Crippen molar-refractivity contribution in [1.82, 2.24) is 4.31 Å². The van der Waals surface area contributed by atoms with Gasteiger partial charge in [0, 0.05) is 16.7 Å². The Morgan fingerprint density at radius 2 is 2.00 bits per heavy atom. The van der Waals surface area contributed by atoms with E-state index in [-0.39, 0.29) is 0 Å². The van der Waals surface area contributed by atoms with E-state index >= 15 is 0 Å². The Labute approximate surface area is 117 Å². The van der Waals surface area contributed by atoms with E-state index in [1.165, 1.54) is 33.6 Å². The molecule has 1 saturated heterocycles. The van der Waals surface area contributed by atoms with E-state index < -0.39 is 0 Å². The maximum atomic E-state index is 2.42. The average molecular weight is 275 g/mol. The molecule has 2 aromatic carbocycles. The van der Waals surface area contributed by atoms with Crippen LogP contribution < -0.4 is 0 Å². The van der Waals surface area contributed by atoms with Crippen molar-refractivity contribution < 1.29 is 0 Å². The lowest BCUT2D eigenvalue weighted by atomic mass is 10.1. The number of rotatable bonds is 3. The summed E-state index contributed by atoms with van der Waals surface area (Å²) >= 11 is 3.94. The van der Waals surface area contributed by atoms with Crippen molar-refractivity contribution in [2.24, 2.45) is 0 Å². The lowest BCUT2D eigenvalue weighted by Gasteiger charge is -2.22. The maximum Gasteiger partial charge on any atom is 0.0301 e. The minimum Gasteiger partial charge on any atom is -0.246 e. The van der Waals surface area contributed by atoms with Gasteiger partial charge >= 0.3 is 0 Å². The molecule has 1 aliphatic heterocycles. The molecule has 0 radical (unpaired) electrons. The zero-order valence-corrected chi connectivity index (χ0v) is 12.1. The minimum absolute atomic E-state index is 0.728. The highest BCUT2D eigenvalue weighted by atomic mass is 32.2. The fraction of sp³-hybridized carbons (Fsp3) is 0.333. The predicted molar refractivity (Wildman–Crippen MR) is 83.3 cm³/mol. The van der Waals surface area contributed by atoms with E-state index in [0.717, 1.165) is 6.04 Å². The van der Waals surface area contributed by atoms with Crippen molar-refractivity contribution in [1.29, 1.82) is 0 Å². The SMILES string of the molecule is CN(Sc1ccc2ccccc2c1)C1CCSC1. The van der Waals surface area contributed by atoms with Crippen LogP contribution >= 0.6 is 23.7 Å². The van der Waals surface area contributed by atoms with Crippen molar-refractivity contribution in [3.05, 3.63) is 42.5 Å². The van der Waals surface area contributed by atoms with Crippen molar-refractivity contribution in [2.45, 2.75) is 17.4 Å². The Bertz CT molecular complexity index is 535. The molecule has 0 N–H and O–H groups in total. The molecule has 3 heteroatoms. The smallest absolute Gasteiger partial charge is 0.0301 e. The fourth-order valence-electron chi connectivity index (χ4n) is 2.27. The molecule has 18 heavy (non-hydrogen) atoms. The highest BCUT2D eigenvalue weighted by Crippen LogP contribution is 2.31. The Morgan fingerprint density at radius 1 is 1.17 bits per heavy atom. The number of hydrogen-bond donors (Lipinski definition) is 0. The van der Waals surface area contributed by atoms with Gasteiger partial charge in [-0.1, -0.05) is 30.3 Å². The maximum absolute atomic E-state index is 2.42. The van der Waals surface area contributed by atoms with Gasteiger partial charge in [-0.25, -0.2) is 4.31 Å². The van der Waals surface area contributed by atoms with Crippen LogP contribution in [-0.2, 0) is 0 Å². The summed E-state index contributed by atoms with van der Waals surface area (Å²) in [5.41, 5.74) is 0. The molecule has 3 rings (SSSR count). The molecule has 1 atom stereocenters. The predicted octanol–water partition coefficient (Wildman–Crippen LogP) is 4.28. The van der Waals surface area contributed by atoms with Crippen molar-refractivity contribution in [2.75, 3.05) is 18.6 Å². The van der Waals surface area contributed by atoms with Gasteiger partial charge in [-0.3, -0.25) is 0 Å². The van der Waals surface area contributed by atoms with Gasteiger partial charge in [-0.2, -0.15) is 11.8 Å². The second-order valence-corrected chi connectivity index (χ2v) is 7.04. The summed E-state index contributed by atoms with van der Waals surface area (Å²) in [6.45, 7) is 0. The third-order valence-corrected chi connectivity index (χ3v) is 5.59. The molecule has 1 nitrogen and oxygen atoms in total. The second-order valence-electron chi connectivity index (χ2n) is 4.66. The van der Waals surface area contributed by atoms with Crippen LogP contribution in [0.3, 0.4) is 0 Å². The normalized spacial score (nSPS) is 19.8. The summed E-state index contributed by atoms with van der Waals surface area (Å²) in [7, 11) is 2.22. The van der Waals surface area contributed by atoms with Gasteiger partial charge in [0.1, 0.15) is 0 Å². The molecule has 1 heterocycles. The van der Waals surface area contributed by atoms with Gasteiger partial charge in [0.05, 0.1) is 0 Å². The number of thioether (sulfide) groups is 1. The number of fused-ring (bicyclic) bond motifs is 1. The third-order valence-electron chi connectivity index (χ3n) is 3.39. The number of hydrogen-bond acceptors (Lipinski definition) is 3. The summed E-state index contributed by atoms with van der Waals surface area (Å²) in [5, 5.41) is 2.65. The van der Waals surface area contributed by atoms with E-state index in [2.05, 4.69) is 65.6 Å². The molecule has 1 fully saturated rings. The Morgan fingerprint density at radius 3 is 2.78 bits per heavy atom. The number of nitrogens with zero attached hydrogens (tertiary/aromatic N) is 1. The first-order valence-electron chi connectivity index (χ1n) is 6.30. The van der Waals surface area contributed by atoms with Crippen LogP contribution in [0.4, 0.5) is 0 Å². The largest absolute Gasteiger partial charge is 0.246 e. The van der Waals surface area contributed by atoms with E-state index in [9.17, 15) is 0 Å². The van der Waals surface area contributed by atoms with Crippen LogP contribution in [-0.4, -0.2) is 28.9 Å². The first kappa shape index (κ1) is 12.4. The van der Waals surface area contributed by atoms with Gasteiger partial charge in [0.2, 0.25) is 0 Å². The van der Waals surface area contributed by atoms with Crippen LogP contribution in [0.25, 0.3) is 10.8 Å². The van der Waals surface area contributed by atoms with Crippen LogP contribution in [0, 0.1) is 0 Å². The Hall–Kier alpha value is -0.640. The summed E-state index contributed by atoms with van der Waals surface area (Å²) in [6, 6.07) is 16.0. The fourth-order valence-corrected chi connectivity index (χ4v) is 4.61. The summed E-state index contributed by atoms with van der Waals surface area (Å²) in [6.07, 6.45) is 1.32. The van der Waals surface area contributed by atoms with Gasteiger partial charge in [-0.15, -0.1) is 0 Å². The van der Waals surface area contributed by atoms with Crippen LogP contribution in [0.5, 0.6) is 0 Å². The first-order valence-corrected chi connectivity index (χ1v) is 8.23. The zero-order valence-electron chi connectivity index (χ0n) is 10.5. The van der Waals surface area contributed by atoms with Crippen molar-refractivity contribution >= 4 is 34.5 Å².